The molecular weight excluding hydrogens is 216 g/mol. The van der Waals surface area contributed by atoms with Crippen molar-refractivity contribution in [1.29, 1.82) is 0 Å². The molecule has 1 N–H and O–H groups in total. The number of ether oxygens (including phenoxy) is 1. The molecule has 17 heavy (non-hydrogen) atoms. The van der Waals surface area contributed by atoms with Gasteiger partial charge in [-0.15, -0.1) is 0 Å². The van der Waals surface area contributed by atoms with Gasteiger partial charge in [-0.3, -0.25) is 4.79 Å². The third-order valence-electron chi connectivity index (χ3n) is 3.97. The van der Waals surface area contributed by atoms with Gasteiger partial charge in [-0.25, -0.2) is 0 Å². The Morgan fingerprint density at radius 1 is 1.41 bits per heavy atom. The molecule has 0 aromatic heterocycles. The minimum atomic E-state index is 0.343. The van der Waals surface area contributed by atoms with Crippen LogP contribution in [-0.4, -0.2) is 50.7 Å². The smallest absolute Gasteiger partial charge is 0.222 e. The fourth-order valence-corrected chi connectivity index (χ4v) is 2.88. The van der Waals surface area contributed by atoms with Gasteiger partial charge in [0.1, 0.15) is 0 Å². The first-order chi connectivity index (χ1) is 8.29. The first-order valence-corrected chi connectivity index (χ1v) is 6.77. The average Bonchev–Trinajstić information content (AvgIpc) is 2.97. The molecule has 0 saturated carbocycles. The van der Waals surface area contributed by atoms with Crippen molar-refractivity contribution >= 4 is 5.91 Å². The number of methoxy groups -OCH3 is 1. The van der Waals surface area contributed by atoms with Crippen LogP contribution in [0.1, 0.15) is 25.7 Å². The molecule has 98 valence electrons. The van der Waals surface area contributed by atoms with Crippen molar-refractivity contribution in [2.24, 2.45) is 11.8 Å². The van der Waals surface area contributed by atoms with Crippen LogP contribution in [0.15, 0.2) is 0 Å². The van der Waals surface area contributed by atoms with E-state index in [4.69, 9.17) is 4.74 Å². The Hall–Kier alpha value is -0.610. The largest absolute Gasteiger partial charge is 0.384 e. The maximum absolute atomic E-state index is 12.0. The van der Waals surface area contributed by atoms with Gasteiger partial charge in [0.25, 0.3) is 0 Å². The van der Waals surface area contributed by atoms with Gasteiger partial charge < -0.3 is 15.0 Å². The average molecular weight is 240 g/mol. The Kier molecular flexibility index (Phi) is 4.80. The second-order valence-corrected chi connectivity index (χ2v) is 5.35. The summed E-state index contributed by atoms with van der Waals surface area (Å²) < 4.78 is 5.15. The summed E-state index contributed by atoms with van der Waals surface area (Å²) in [5.41, 5.74) is 0. The molecule has 2 rings (SSSR count). The van der Waals surface area contributed by atoms with Gasteiger partial charge in [0.15, 0.2) is 0 Å². The van der Waals surface area contributed by atoms with E-state index in [0.29, 0.717) is 11.8 Å². The summed E-state index contributed by atoms with van der Waals surface area (Å²) in [6.07, 6.45) is 4.12. The number of amides is 1. The summed E-state index contributed by atoms with van der Waals surface area (Å²) in [7, 11) is 1.73. The van der Waals surface area contributed by atoms with Gasteiger partial charge in [-0.2, -0.15) is 0 Å². The summed E-state index contributed by atoms with van der Waals surface area (Å²) >= 11 is 0. The second kappa shape index (κ2) is 6.36. The Morgan fingerprint density at radius 2 is 2.29 bits per heavy atom. The Balaban J connectivity index is 1.66. The first kappa shape index (κ1) is 12.8. The molecule has 0 radical (unpaired) electrons. The highest BCUT2D eigenvalue weighted by Crippen LogP contribution is 2.20. The van der Waals surface area contributed by atoms with Gasteiger partial charge in [0, 0.05) is 32.5 Å². The number of nitrogens with one attached hydrogen (secondary N) is 1. The molecule has 2 fully saturated rings. The number of carbonyl (C=O) groups excluding carboxylic acids is 1. The molecule has 0 aliphatic carbocycles. The van der Waals surface area contributed by atoms with Crippen molar-refractivity contribution in [3.63, 3.8) is 0 Å². The van der Waals surface area contributed by atoms with Crippen LogP contribution in [0.5, 0.6) is 0 Å². The topological polar surface area (TPSA) is 41.6 Å². The summed E-state index contributed by atoms with van der Waals surface area (Å²) in [6.45, 7) is 4.83. The van der Waals surface area contributed by atoms with Crippen LogP contribution >= 0.6 is 0 Å². The minimum absolute atomic E-state index is 0.343. The van der Waals surface area contributed by atoms with Gasteiger partial charge in [-0.05, 0) is 38.3 Å². The van der Waals surface area contributed by atoms with Crippen LogP contribution in [-0.2, 0) is 9.53 Å². The predicted molar refractivity (Wildman–Crippen MR) is 66.8 cm³/mol. The molecule has 0 aromatic rings. The lowest BCUT2D eigenvalue weighted by molar-refractivity contribution is -0.130. The molecule has 2 saturated heterocycles. The zero-order valence-electron chi connectivity index (χ0n) is 10.8. The van der Waals surface area contributed by atoms with Crippen molar-refractivity contribution in [3.05, 3.63) is 0 Å². The Morgan fingerprint density at radius 3 is 3.00 bits per heavy atom. The summed E-state index contributed by atoms with van der Waals surface area (Å²) in [5.74, 6) is 1.61. The van der Waals surface area contributed by atoms with Crippen LogP contribution in [0.3, 0.4) is 0 Å². The Bertz CT molecular complexity index is 252. The molecule has 2 aliphatic rings. The number of carbonyl (C=O) groups is 1. The highest BCUT2D eigenvalue weighted by molar-refractivity contribution is 5.76. The van der Waals surface area contributed by atoms with Crippen molar-refractivity contribution < 1.29 is 9.53 Å². The van der Waals surface area contributed by atoms with Gasteiger partial charge >= 0.3 is 0 Å². The molecular formula is C13H24N2O2. The van der Waals surface area contributed by atoms with E-state index in [-0.39, 0.29) is 0 Å². The van der Waals surface area contributed by atoms with Crippen LogP contribution < -0.4 is 5.32 Å². The van der Waals surface area contributed by atoms with Gasteiger partial charge in [-0.1, -0.05) is 0 Å². The lowest BCUT2D eigenvalue weighted by atomic mass is 10.0. The van der Waals surface area contributed by atoms with E-state index in [1.165, 1.54) is 6.42 Å². The van der Waals surface area contributed by atoms with E-state index in [9.17, 15) is 4.79 Å². The summed E-state index contributed by atoms with van der Waals surface area (Å²) in [4.78, 5) is 14.0. The predicted octanol–water partition coefficient (Wildman–Crippen LogP) is 0.871. The number of hydrogen-bond donors (Lipinski definition) is 1. The monoisotopic (exact) mass is 240 g/mol. The van der Waals surface area contributed by atoms with E-state index < -0.39 is 0 Å². The first-order valence-electron chi connectivity index (χ1n) is 6.77. The number of rotatable bonds is 5. The quantitative estimate of drug-likeness (QED) is 0.775. The molecule has 0 spiro atoms. The zero-order chi connectivity index (χ0) is 12.1. The zero-order valence-corrected chi connectivity index (χ0v) is 10.8. The van der Waals surface area contributed by atoms with Crippen molar-refractivity contribution in [2.45, 2.75) is 25.7 Å². The number of hydrogen-bond acceptors (Lipinski definition) is 3. The molecule has 4 heteroatoms. The molecule has 0 aromatic carbocycles. The van der Waals surface area contributed by atoms with E-state index in [1.54, 1.807) is 7.11 Å². The minimum Gasteiger partial charge on any atom is -0.384 e. The van der Waals surface area contributed by atoms with Gasteiger partial charge in [0.2, 0.25) is 5.91 Å². The van der Waals surface area contributed by atoms with Crippen molar-refractivity contribution in [1.82, 2.24) is 10.2 Å². The second-order valence-electron chi connectivity index (χ2n) is 5.35. The van der Waals surface area contributed by atoms with Crippen molar-refractivity contribution in [2.75, 3.05) is 39.9 Å². The third kappa shape index (κ3) is 3.68. The van der Waals surface area contributed by atoms with Crippen LogP contribution in [0.2, 0.25) is 0 Å². The van der Waals surface area contributed by atoms with E-state index in [1.807, 2.05) is 4.90 Å². The molecule has 4 nitrogen and oxygen atoms in total. The highest BCUT2D eigenvalue weighted by atomic mass is 16.5. The fourth-order valence-electron chi connectivity index (χ4n) is 2.88. The SMILES string of the molecule is COCC1CCN(C(=O)CCC2CCNC2)C1. The molecule has 2 unspecified atom stereocenters. The third-order valence-corrected chi connectivity index (χ3v) is 3.97. The lowest BCUT2D eigenvalue weighted by Crippen LogP contribution is -2.29. The summed E-state index contributed by atoms with van der Waals surface area (Å²) in [6, 6.07) is 0. The molecule has 2 atom stereocenters. The number of nitrogens with zero attached hydrogens (tertiary/aromatic N) is 1. The van der Waals surface area contributed by atoms with Gasteiger partial charge in [0.05, 0.1) is 6.61 Å². The van der Waals surface area contributed by atoms with E-state index in [0.717, 1.165) is 58.0 Å². The van der Waals surface area contributed by atoms with E-state index >= 15 is 0 Å². The van der Waals surface area contributed by atoms with Crippen LogP contribution in [0, 0.1) is 11.8 Å². The van der Waals surface area contributed by atoms with E-state index in [2.05, 4.69) is 5.32 Å². The fraction of sp³-hybridized carbons (Fsp3) is 0.923. The normalized spacial score (nSPS) is 28.9. The maximum atomic E-state index is 12.0. The molecule has 2 aliphatic heterocycles. The molecule has 2 heterocycles. The highest BCUT2D eigenvalue weighted by Gasteiger charge is 2.26. The Labute approximate surface area is 104 Å². The van der Waals surface area contributed by atoms with Crippen LogP contribution in [0.25, 0.3) is 0 Å². The molecule has 1 amide bonds. The van der Waals surface area contributed by atoms with Crippen LogP contribution in [0.4, 0.5) is 0 Å². The number of likely N-dealkylation sites (tertiary alicyclic amines) is 1. The lowest BCUT2D eigenvalue weighted by Gasteiger charge is -2.17. The van der Waals surface area contributed by atoms with Crippen molar-refractivity contribution in [3.8, 4) is 0 Å². The summed E-state index contributed by atoms with van der Waals surface area (Å²) in [5, 5.41) is 3.35. The molecule has 0 bridgehead atoms. The maximum Gasteiger partial charge on any atom is 0.222 e. The standard InChI is InChI=1S/C13H24N2O2/c1-17-10-12-5-7-15(9-12)13(16)3-2-11-4-6-14-8-11/h11-12,14H,2-10H2,1H3.